The molecular formula is C13H18BrClN2. The van der Waals surface area contributed by atoms with Crippen molar-refractivity contribution in [1.82, 2.24) is 4.98 Å². The van der Waals surface area contributed by atoms with Crippen LogP contribution in [0.4, 0.5) is 5.69 Å². The van der Waals surface area contributed by atoms with Crippen LogP contribution in [0, 0.1) is 5.92 Å². The minimum Gasteiger partial charge on any atom is -0.380 e. The summed E-state index contributed by atoms with van der Waals surface area (Å²) < 4.78 is 0.966. The molecule has 1 aliphatic carbocycles. The molecule has 1 aliphatic rings. The average molecular weight is 318 g/mol. The first-order chi connectivity index (χ1) is 8.20. The molecule has 1 heterocycles. The van der Waals surface area contributed by atoms with Crippen molar-refractivity contribution in [1.29, 1.82) is 0 Å². The van der Waals surface area contributed by atoms with Gasteiger partial charge < -0.3 is 5.32 Å². The number of hydrogen-bond acceptors (Lipinski definition) is 2. The Morgan fingerprint density at radius 1 is 1.47 bits per heavy atom. The van der Waals surface area contributed by atoms with E-state index in [9.17, 15) is 0 Å². The van der Waals surface area contributed by atoms with Crippen LogP contribution in [-0.2, 0) is 0 Å². The highest BCUT2D eigenvalue weighted by atomic mass is 79.9. The van der Waals surface area contributed by atoms with Crippen LogP contribution in [0.5, 0.6) is 0 Å². The highest BCUT2D eigenvalue weighted by molar-refractivity contribution is 9.10. The van der Waals surface area contributed by atoms with Crippen LogP contribution in [0.3, 0.4) is 0 Å². The zero-order valence-electron chi connectivity index (χ0n) is 10.0. The maximum absolute atomic E-state index is 6.11. The molecule has 1 aromatic rings. The van der Waals surface area contributed by atoms with E-state index in [1.807, 2.05) is 6.07 Å². The smallest absolute Gasteiger partial charge is 0.152 e. The Kier molecular flexibility index (Phi) is 4.69. The molecule has 94 valence electrons. The van der Waals surface area contributed by atoms with Gasteiger partial charge in [0.15, 0.2) is 5.15 Å². The second kappa shape index (κ2) is 6.05. The number of anilines is 1. The SMILES string of the molecule is CCC1CCCCC1Nc1cc(Br)cnc1Cl. The second-order valence-corrected chi connectivity index (χ2v) is 5.97. The van der Waals surface area contributed by atoms with E-state index in [0.29, 0.717) is 11.2 Å². The Morgan fingerprint density at radius 3 is 3.00 bits per heavy atom. The first kappa shape index (κ1) is 13.2. The van der Waals surface area contributed by atoms with E-state index in [2.05, 4.69) is 33.2 Å². The molecule has 0 saturated heterocycles. The van der Waals surface area contributed by atoms with E-state index >= 15 is 0 Å². The lowest BCUT2D eigenvalue weighted by Gasteiger charge is -2.32. The Morgan fingerprint density at radius 2 is 2.24 bits per heavy atom. The number of rotatable bonds is 3. The molecule has 0 radical (unpaired) electrons. The minimum atomic E-state index is 0.544. The van der Waals surface area contributed by atoms with Crippen molar-refractivity contribution >= 4 is 33.2 Å². The van der Waals surface area contributed by atoms with E-state index in [1.54, 1.807) is 6.20 Å². The molecule has 0 aromatic carbocycles. The van der Waals surface area contributed by atoms with Crippen LogP contribution in [0.15, 0.2) is 16.7 Å². The van der Waals surface area contributed by atoms with Crippen LogP contribution in [0.1, 0.15) is 39.0 Å². The average Bonchev–Trinajstić information content (AvgIpc) is 2.34. The predicted molar refractivity (Wildman–Crippen MR) is 76.6 cm³/mol. The number of nitrogens with zero attached hydrogens (tertiary/aromatic N) is 1. The van der Waals surface area contributed by atoms with E-state index in [0.717, 1.165) is 16.1 Å². The Bertz CT molecular complexity index is 384. The quantitative estimate of drug-likeness (QED) is 0.804. The van der Waals surface area contributed by atoms with Crippen molar-refractivity contribution < 1.29 is 0 Å². The molecule has 17 heavy (non-hydrogen) atoms. The monoisotopic (exact) mass is 316 g/mol. The van der Waals surface area contributed by atoms with Gasteiger partial charge in [-0.15, -0.1) is 0 Å². The molecule has 2 nitrogen and oxygen atoms in total. The van der Waals surface area contributed by atoms with Crippen LogP contribution in [0.25, 0.3) is 0 Å². The predicted octanol–water partition coefficient (Wildman–Crippen LogP) is 4.88. The molecule has 0 amide bonds. The highest BCUT2D eigenvalue weighted by Crippen LogP contribution is 2.31. The van der Waals surface area contributed by atoms with Gasteiger partial charge in [-0.1, -0.05) is 37.8 Å². The lowest BCUT2D eigenvalue weighted by Crippen LogP contribution is -2.31. The van der Waals surface area contributed by atoms with Crippen molar-refractivity contribution in [3.63, 3.8) is 0 Å². The van der Waals surface area contributed by atoms with Crippen LogP contribution in [-0.4, -0.2) is 11.0 Å². The summed E-state index contributed by atoms with van der Waals surface area (Å²) in [5.74, 6) is 0.763. The van der Waals surface area contributed by atoms with Crippen LogP contribution >= 0.6 is 27.5 Å². The fourth-order valence-electron chi connectivity index (χ4n) is 2.61. The summed E-state index contributed by atoms with van der Waals surface area (Å²) in [6.45, 7) is 2.27. The minimum absolute atomic E-state index is 0.544. The molecule has 1 saturated carbocycles. The highest BCUT2D eigenvalue weighted by Gasteiger charge is 2.24. The lowest BCUT2D eigenvalue weighted by molar-refractivity contribution is 0.317. The fourth-order valence-corrected chi connectivity index (χ4v) is 3.10. The van der Waals surface area contributed by atoms with Gasteiger partial charge in [-0.05, 0) is 40.8 Å². The molecular weight excluding hydrogens is 300 g/mol. The van der Waals surface area contributed by atoms with Gasteiger partial charge in [0.1, 0.15) is 0 Å². The van der Waals surface area contributed by atoms with Gasteiger partial charge in [0.25, 0.3) is 0 Å². The number of nitrogens with one attached hydrogen (secondary N) is 1. The van der Waals surface area contributed by atoms with Gasteiger partial charge in [-0.2, -0.15) is 0 Å². The van der Waals surface area contributed by atoms with Gasteiger partial charge >= 0.3 is 0 Å². The van der Waals surface area contributed by atoms with Crippen molar-refractivity contribution in [2.24, 2.45) is 5.92 Å². The number of hydrogen-bond donors (Lipinski definition) is 1. The second-order valence-electron chi connectivity index (χ2n) is 4.70. The number of pyridine rings is 1. The maximum atomic E-state index is 6.11. The standard InChI is InChI=1S/C13H18BrClN2/c1-2-9-5-3-4-6-11(9)17-12-7-10(14)8-16-13(12)15/h7-9,11,17H,2-6H2,1H3. The molecule has 0 bridgehead atoms. The van der Waals surface area contributed by atoms with Crippen LogP contribution < -0.4 is 5.32 Å². The first-order valence-corrected chi connectivity index (χ1v) is 7.45. The van der Waals surface area contributed by atoms with E-state index in [-0.39, 0.29) is 0 Å². The summed E-state index contributed by atoms with van der Waals surface area (Å²) in [5.41, 5.74) is 0.950. The van der Waals surface area contributed by atoms with Gasteiger partial charge in [-0.25, -0.2) is 4.98 Å². The Hall–Kier alpha value is -0.280. The number of aromatic nitrogens is 1. The molecule has 1 fully saturated rings. The topological polar surface area (TPSA) is 24.9 Å². The molecule has 1 N–H and O–H groups in total. The third kappa shape index (κ3) is 3.35. The van der Waals surface area contributed by atoms with E-state index in [1.165, 1.54) is 32.1 Å². The summed E-state index contributed by atoms with van der Waals surface area (Å²) in [7, 11) is 0. The fraction of sp³-hybridized carbons (Fsp3) is 0.615. The molecule has 2 rings (SSSR count). The van der Waals surface area contributed by atoms with Crippen LogP contribution in [0.2, 0.25) is 5.15 Å². The summed E-state index contributed by atoms with van der Waals surface area (Å²) >= 11 is 9.54. The molecule has 0 spiro atoms. The summed E-state index contributed by atoms with van der Waals surface area (Å²) in [4.78, 5) is 4.15. The zero-order valence-corrected chi connectivity index (χ0v) is 12.4. The van der Waals surface area contributed by atoms with E-state index < -0.39 is 0 Å². The van der Waals surface area contributed by atoms with Gasteiger partial charge in [0, 0.05) is 16.7 Å². The molecule has 0 aliphatic heterocycles. The largest absolute Gasteiger partial charge is 0.380 e. The number of halogens is 2. The first-order valence-electron chi connectivity index (χ1n) is 6.28. The van der Waals surface area contributed by atoms with Crippen molar-refractivity contribution in [3.05, 3.63) is 21.9 Å². The lowest BCUT2D eigenvalue weighted by atomic mass is 9.83. The molecule has 1 aromatic heterocycles. The molecule has 2 unspecified atom stereocenters. The van der Waals surface area contributed by atoms with Gasteiger partial charge in [-0.3, -0.25) is 0 Å². The molecule has 4 heteroatoms. The maximum Gasteiger partial charge on any atom is 0.152 e. The summed E-state index contributed by atoms with van der Waals surface area (Å²) in [6, 6.07) is 2.55. The third-order valence-corrected chi connectivity index (χ3v) is 4.31. The zero-order chi connectivity index (χ0) is 12.3. The van der Waals surface area contributed by atoms with Crippen molar-refractivity contribution in [3.8, 4) is 0 Å². The van der Waals surface area contributed by atoms with Crippen molar-refractivity contribution in [2.45, 2.75) is 45.1 Å². The van der Waals surface area contributed by atoms with Gasteiger partial charge in [0.2, 0.25) is 0 Å². The Labute approximate surface area is 116 Å². The summed E-state index contributed by atoms with van der Waals surface area (Å²) in [6.07, 6.45) is 8.20. The Balaban J connectivity index is 2.10. The summed E-state index contributed by atoms with van der Waals surface area (Å²) in [5, 5.41) is 4.13. The van der Waals surface area contributed by atoms with Gasteiger partial charge in [0.05, 0.1) is 5.69 Å². The third-order valence-electron chi connectivity index (χ3n) is 3.58. The normalized spacial score (nSPS) is 24.6. The van der Waals surface area contributed by atoms with E-state index in [4.69, 9.17) is 11.6 Å². The van der Waals surface area contributed by atoms with Crippen molar-refractivity contribution in [2.75, 3.05) is 5.32 Å². The molecule has 2 atom stereocenters.